The van der Waals surface area contributed by atoms with Crippen LogP contribution in [0.2, 0.25) is 0 Å². The predicted octanol–water partition coefficient (Wildman–Crippen LogP) is 11.0. The van der Waals surface area contributed by atoms with Gasteiger partial charge in [-0.2, -0.15) is 5.26 Å². The van der Waals surface area contributed by atoms with Crippen LogP contribution < -0.4 is 0 Å². The minimum atomic E-state index is -3.80. The number of aromatic nitrogens is 2. The Kier molecular flexibility index (Phi) is 6.13. The lowest BCUT2D eigenvalue weighted by molar-refractivity contribution is 0.596. The average Bonchev–Trinajstić information content (AvgIpc) is 3.83. The van der Waals surface area contributed by atoms with Crippen molar-refractivity contribution >= 4 is 85.0 Å². The van der Waals surface area contributed by atoms with E-state index < -0.39 is 9.84 Å². The molecule has 5 nitrogen and oxygen atoms in total. The summed E-state index contributed by atoms with van der Waals surface area (Å²) in [5.41, 5.74) is 6.72. The van der Waals surface area contributed by atoms with E-state index in [0.717, 1.165) is 49.6 Å². The molecule has 0 saturated carbocycles. The molecule has 0 spiro atoms. The van der Waals surface area contributed by atoms with Crippen molar-refractivity contribution in [2.75, 3.05) is 0 Å². The maximum absolute atomic E-state index is 13.7. The van der Waals surface area contributed by atoms with Crippen LogP contribution in [0.1, 0.15) is 5.56 Å². The van der Waals surface area contributed by atoms with Gasteiger partial charge in [-0.05, 0) is 72.8 Å². The molecule has 0 aliphatic heterocycles. The molecule has 10 aromatic rings. The minimum Gasteiger partial charge on any atom is -0.307 e. The van der Waals surface area contributed by atoms with Gasteiger partial charge in [0.1, 0.15) is 0 Å². The van der Waals surface area contributed by atoms with E-state index in [2.05, 4.69) is 112 Å². The molecule has 0 N–H and O–H groups in total. The quantitative estimate of drug-likeness (QED) is 0.186. The fourth-order valence-electron chi connectivity index (χ4n) is 7.53. The molecule has 0 bridgehead atoms. The van der Waals surface area contributed by atoms with Gasteiger partial charge in [0.05, 0.1) is 48.2 Å². The standard InChI is InChI=1S/C43H25N3O2S2/c44-26-27-14-18-30(19-15-27)50(47,48)31-20-16-29(17-21-31)46-41-35(36-24-25-37-33-11-5-7-13-39(33)49-43(37)42(36)46)23-22-34-32-10-4-6-12-38(32)45(40(34)41)28-8-2-1-3-9-28/h1-25H. The van der Waals surface area contributed by atoms with Crippen LogP contribution >= 0.6 is 11.3 Å². The van der Waals surface area contributed by atoms with E-state index in [-0.39, 0.29) is 9.79 Å². The lowest BCUT2D eigenvalue weighted by atomic mass is 10.1. The number of nitrogens with zero attached hydrogens (tertiary/aromatic N) is 3. The van der Waals surface area contributed by atoms with Gasteiger partial charge in [0.15, 0.2) is 0 Å². The zero-order chi connectivity index (χ0) is 33.6. The van der Waals surface area contributed by atoms with Gasteiger partial charge in [-0.25, -0.2) is 8.42 Å². The van der Waals surface area contributed by atoms with Crippen molar-refractivity contribution in [3.63, 3.8) is 0 Å². The second-order valence-electron chi connectivity index (χ2n) is 12.5. The molecule has 3 heterocycles. The maximum Gasteiger partial charge on any atom is 0.206 e. The summed E-state index contributed by atoms with van der Waals surface area (Å²) >= 11 is 1.79. The van der Waals surface area contributed by atoms with Crippen LogP contribution in [0.5, 0.6) is 0 Å². The number of hydrogen-bond acceptors (Lipinski definition) is 4. The SMILES string of the molecule is N#Cc1ccc(S(=O)(=O)c2ccc(-n3c4c(ccc5c6ccccc6sc54)c4ccc5c6ccccc6n(-c6ccccc6)c5c43)cc2)cc1. The second-order valence-corrected chi connectivity index (χ2v) is 15.5. The highest BCUT2D eigenvalue weighted by Crippen LogP contribution is 2.46. The van der Waals surface area contributed by atoms with Crippen molar-refractivity contribution in [1.29, 1.82) is 5.26 Å². The lowest BCUT2D eigenvalue weighted by Crippen LogP contribution is -2.03. The van der Waals surface area contributed by atoms with E-state index in [1.807, 2.05) is 18.2 Å². The van der Waals surface area contributed by atoms with E-state index in [1.54, 1.807) is 23.5 Å². The largest absolute Gasteiger partial charge is 0.307 e. The summed E-state index contributed by atoms with van der Waals surface area (Å²) in [4.78, 5) is 0.351. The van der Waals surface area contributed by atoms with E-state index in [0.29, 0.717) is 5.56 Å². The van der Waals surface area contributed by atoms with Crippen molar-refractivity contribution < 1.29 is 8.42 Å². The first kappa shape index (κ1) is 28.8. The number of benzene rings is 7. The summed E-state index contributed by atoms with van der Waals surface area (Å²) in [6.07, 6.45) is 0. The molecule has 0 saturated heterocycles. The normalized spacial score (nSPS) is 12.1. The molecule has 0 radical (unpaired) electrons. The van der Waals surface area contributed by atoms with Gasteiger partial charge in [0.2, 0.25) is 9.84 Å². The third kappa shape index (κ3) is 4.01. The van der Waals surface area contributed by atoms with E-state index >= 15 is 0 Å². The smallest absolute Gasteiger partial charge is 0.206 e. The van der Waals surface area contributed by atoms with Gasteiger partial charge in [0, 0.05) is 48.4 Å². The molecule has 3 aromatic heterocycles. The molecule has 0 atom stereocenters. The van der Waals surface area contributed by atoms with Gasteiger partial charge >= 0.3 is 0 Å². The highest BCUT2D eigenvalue weighted by atomic mass is 32.2. The first-order chi connectivity index (χ1) is 24.5. The van der Waals surface area contributed by atoms with Crippen LogP contribution in [-0.2, 0) is 9.84 Å². The van der Waals surface area contributed by atoms with Crippen LogP contribution in [0.15, 0.2) is 161 Å². The maximum atomic E-state index is 13.7. The third-order valence-electron chi connectivity index (χ3n) is 9.78. The number of rotatable bonds is 4. The lowest BCUT2D eigenvalue weighted by Gasteiger charge is -2.13. The van der Waals surface area contributed by atoms with E-state index in [1.165, 1.54) is 49.8 Å². The molecule has 0 fully saturated rings. The van der Waals surface area contributed by atoms with Crippen molar-refractivity contribution in [3.05, 3.63) is 157 Å². The van der Waals surface area contributed by atoms with Gasteiger partial charge in [-0.1, -0.05) is 78.9 Å². The highest BCUT2D eigenvalue weighted by molar-refractivity contribution is 7.91. The van der Waals surface area contributed by atoms with Crippen LogP contribution in [0.4, 0.5) is 0 Å². The summed E-state index contributed by atoms with van der Waals surface area (Å²) in [5.74, 6) is 0. The first-order valence-corrected chi connectivity index (χ1v) is 18.5. The molecule has 10 rings (SSSR count). The molecule has 7 aromatic carbocycles. The molecule has 236 valence electrons. The zero-order valence-electron chi connectivity index (χ0n) is 26.4. The highest BCUT2D eigenvalue weighted by Gasteiger charge is 2.24. The first-order valence-electron chi connectivity index (χ1n) is 16.2. The Balaban J connectivity index is 1.34. The van der Waals surface area contributed by atoms with Gasteiger partial charge in [0.25, 0.3) is 0 Å². The number of hydrogen-bond donors (Lipinski definition) is 0. The summed E-state index contributed by atoms with van der Waals surface area (Å²) in [6.45, 7) is 0. The summed E-state index contributed by atoms with van der Waals surface area (Å²) in [7, 11) is -3.80. The molecular weight excluding hydrogens is 655 g/mol. The topological polar surface area (TPSA) is 67.8 Å². The minimum absolute atomic E-state index is 0.155. The van der Waals surface area contributed by atoms with Crippen molar-refractivity contribution in [2.45, 2.75) is 9.79 Å². The van der Waals surface area contributed by atoms with Crippen molar-refractivity contribution in [1.82, 2.24) is 9.13 Å². The Bertz CT molecular complexity index is 3150. The van der Waals surface area contributed by atoms with Crippen molar-refractivity contribution in [2.24, 2.45) is 0 Å². The van der Waals surface area contributed by atoms with Crippen LogP contribution in [0.3, 0.4) is 0 Å². The molecular formula is C43H25N3O2S2. The van der Waals surface area contributed by atoms with Gasteiger partial charge < -0.3 is 9.13 Å². The summed E-state index contributed by atoms with van der Waals surface area (Å²) in [5, 5.41) is 16.2. The molecule has 0 aliphatic rings. The molecule has 0 amide bonds. The Morgan fingerprint density at radius 2 is 1.02 bits per heavy atom. The Morgan fingerprint density at radius 3 is 1.74 bits per heavy atom. The van der Waals surface area contributed by atoms with Crippen LogP contribution in [0, 0.1) is 11.3 Å². The van der Waals surface area contributed by atoms with Crippen molar-refractivity contribution in [3.8, 4) is 17.4 Å². The molecule has 50 heavy (non-hydrogen) atoms. The Morgan fingerprint density at radius 1 is 0.480 bits per heavy atom. The average molecular weight is 680 g/mol. The Hall–Kier alpha value is -6.20. The van der Waals surface area contributed by atoms with Gasteiger partial charge in [-0.3, -0.25) is 0 Å². The summed E-state index contributed by atoms with van der Waals surface area (Å²) in [6, 6.07) is 51.8. The number of sulfone groups is 1. The number of thiophene rings is 1. The molecule has 0 aliphatic carbocycles. The third-order valence-corrected chi connectivity index (χ3v) is 12.8. The number of nitriles is 1. The fourth-order valence-corrected chi connectivity index (χ4v) is 10.0. The number of fused-ring (bicyclic) bond motifs is 11. The molecule has 7 heteroatoms. The predicted molar refractivity (Wildman–Crippen MR) is 205 cm³/mol. The zero-order valence-corrected chi connectivity index (χ0v) is 28.0. The Labute approximate surface area is 291 Å². The van der Waals surface area contributed by atoms with Gasteiger partial charge in [-0.15, -0.1) is 11.3 Å². The fraction of sp³-hybridized carbons (Fsp3) is 0. The van der Waals surface area contributed by atoms with Crippen LogP contribution in [-0.4, -0.2) is 17.6 Å². The van der Waals surface area contributed by atoms with E-state index in [9.17, 15) is 13.7 Å². The summed E-state index contributed by atoms with van der Waals surface area (Å²) < 4.78 is 34.5. The molecule has 0 unspecified atom stereocenters. The number of para-hydroxylation sites is 2. The van der Waals surface area contributed by atoms with Crippen LogP contribution in [0.25, 0.3) is 75.2 Å². The monoisotopic (exact) mass is 679 g/mol. The second kappa shape index (κ2) is 10.6. The van der Waals surface area contributed by atoms with E-state index in [4.69, 9.17) is 0 Å².